The molecule has 0 aliphatic carbocycles. The third kappa shape index (κ3) is 6.33. The summed E-state index contributed by atoms with van der Waals surface area (Å²) in [5.74, 6) is 3.82. The first-order chi connectivity index (χ1) is 27.2. The molecule has 3 heterocycles. The van der Waals surface area contributed by atoms with Gasteiger partial charge in [-0.15, -0.1) is 11.3 Å². The van der Waals surface area contributed by atoms with Gasteiger partial charge in [0.2, 0.25) is 0 Å². The molecule has 0 unspecified atom stereocenters. The monoisotopic (exact) mass is 722 g/mol. The van der Waals surface area contributed by atoms with E-state index in [2.05, 4.69) is 60.7 Å². The Balaban J connectivity index is 1.10. The maximum atomic E-state index is 5.08. The molecule has 0 aliphatic rings. The maximum Gasteiger partial charge on any atom is 0.164 e. The number of benzene rings is 7. The Hall–Kier alpha value is -7.22. The average Bonchev–Trinajstić information content (AvgIpc) is 3.66. The largest absolute Gasteiger partial charge is 0.208 e. The van der Waals surface area contributed by atoms with E-state index in [0.717, 1.165) is 55.3 Å². The first-order valence-electron chi connectivity index (χ1n) is 18.0. The first-order valence-corrected chi connectivity index (χ1v) is 18.9. The van der Waals surface area contributed by atoms with Crippen LogP contribution in [0.15, 0.2) is 182 Å². The molecule has 0 bridgehead atoms. The molecule has 0 atom stereocenters. The third-order valence-corrected chi connectivity index (χ3v) is 10.7. The van der Waals surface area contributed by atoms with E-state index in [0.29, 0.717) is 34.9 Å². The molecule has 0 fully saturated rings. The number of nitrogens with zero attached hydrogens (tertiary/aromatic N) is 6. The zero-order valence-corrected chi connectivity index (χ0v) is 30.2. The van der Waals surface area contributed by atoms with E-state index in [1.807, 2.05) is 121 Å². The van der Waals surface area contributed by atoms with E-state index >= 15 is 0 Å². The van der Waals surface area contributed by atoms with Crippen molar-refractivity contribution in [3.8, 4) is 79.5 Å². The summed E-state index contributed by atoms with van der Waals surface area (Å²) in [4.78, 5) is 29.9. The van der Waals surface area contributed by atoms with Crippen molar-refractivity contribution in [1.29, 1.82) is 0 Å². The van der Waals surface area contributed by atoms with Gasteiger partial charge in [0.25, 0.3) is 0 Å². The predicted octanol–water partition coefficient (Wildman–Crippen LogP) is 12.1. The van der Waals surface area contributed by atoms with Gasteiger partial charge in [0, 0.05) is 53.6 Å². The fourth-order valence-electron chi connectivity index (χ4n) is 6.90. The van der Waals surface area contributed by atoms with Crippen LogP contribution in [0.5, 0.6) is 0 Å². The Labute approximate surface area is 321 Å². The van der Waals surface area contributed by atoms with Gasteiger partial charge in [-0.1, -0.05) is 158 Å². The van der Waals surface area contributed by atoms with Gasteiger partial charge >= 0.3 is 0 Å². The van der Waals surface area contributed by atoms with Gasteiger partial charge < -0.3 is 0 Å². The van der Waals surface area contributed by atoms with Gasteiger partial charge in [-0.05, 0) is 35.4 Å². The quantitative estimate of drug-likeness (QED) is 0.163. The van der Waals surface area contributed by atoms with Gasteiger partial charge in [-0.25, -0.2) is 29.9 Å². The van der Waals surface area contributed by atoms with Crippen molar-refractivity contribution in [3.05, 3.63) is 182 Å². The molecule has 3 aromatic heterocycles. The highest BCUT2D eigenvalue weighted by atomic mass is 32.1. The summed E-state index contributed by atoms with van der Waals surface area (Å²) in [6.45, 7) is 0. The number of hydrogen-bond acceptors (Lipinski definition) is 7. The van der Waals surface area contributed by atoms with Gasteiger partial charge in [-0.3, -0.25) is 0 Å². The van der Waals surface area contributed by atoms with E-state index in [1.54, 1.807) is 11.3 Å². The van der Waals surface area contributed by atoms with Crippen molar-refractivity contribution < 1.29 is 0 Å². The van der Waals surface area contributed by atoms with Crippen LogP contribution in [0, 0.1) is 0 Å². The third-order valence-electron chi connectivity index (χ3n) is 9.59. The number of hydrogen-bond donors (Lipinski definition) is 0. The summed E-state index contributed by atoms with van der Waals surface area (Å²) in [6.07, 6.45) is 0. The summed E-state index contributed by atoms with van der Waals surface area (Å²) in [6, 6.07) is 61.8. The molecule has 0 amide bonds. The Bertz CT molecular complexity index is 2850. The second kappa shape index (κ2) is 14.0. The summed E-state index contributed by atoms with van der Waals surface area (Å²) in [5, 5.41) is 2.28. The summed E-state index contributed by atoms with van der Waals surface area (Å²) >= 11 is 1.78. The smallest absolute Gasteiger partial charge is 0.164 e. The van der Waals surface area contributed by atoms with Crippen molar-refractivity contribution in [2.24, 2.45) is 0 Å². The van der Waals surface area contributed by atoms with Crippen LogP contribution in [0.1, 0.15) is 0 Å². The summed E-state index contributed by atoms with van der Waals surface area (Å²) < 4.78 is 2.37. The van der Waals surface area contributed by atoms with E-state index in [1.165, 1.54) is 9.40 Å². The first kappa shape index (κ1) is 32.4. The topological polar surface area (TPSA) is 77.3 Å². The maximum absolute atomic E-state index is 5.08. The molecule has 0 aliphatic heterocycles. The van der Waals surface area contributed by atoms with Crippen LogP contribution in [-0.4, -0.2) is 29.9 Å². The Kier molecular flexibility index (Phi) is 8.24. The predicted molar refractivity (Wildman–Crippen MR) is 224 cm³/mol. The molecule has 7 heteroatoms. The molecule has 0 N–H and O–H groups in total. The van der Waals surface area contributed by atoms with Crippen LogP contribution in [0.3, 0.4) is 0 Å². The Morgan fingerprint density at radius 2 is 0.673 bits per heavy atom. The number of rotatable bonds is 7. The number of thiophene rings is 1. The molecule has 0 radical (unpaired) electrons. The van der Waals surface area contributed by atoms with E-state index in [-0.39, 0.29) is 0 Å². The van der Waals surface area contributed by atoms with Crippen LogP contribution < -0.4 is 0 Å². The number of aromatic nitrogens is 6. The van der Waals surface area contributed by atoms with Crippen molar-refractivity contribution in [2.75, 3.05) is 0 Å². The molecule has 0 saturated heterocycles. The normalized spacial score (nSPS) is 11.3. The van der Waals surface area contributed by atoms with Crippen LogP contribution in [0.4, 0.5) is 0 Å². The van der Waals surface area contributed by atoms with Crippen LogP contribution >= 0.6 is 11.3 Å². The van der Waals surface area contributed by atoms with E-state index < -0.39 is 0 Å². The fourth-order valence-corrected chi connectivity index (χ4v) is 8.01. The second-order valence-corrected chi connectivity index (χ2v) is 14.2. The molecule has 0 saturated carbocycles. The van der Waals surface area contributed by atoms with Crippen LogP contribution in [0.2, 0.25) is 0 Å². The minimum absolute atomic E-state index is 0.622. The number of fused-ring (bicyclic) bond motifs is 3. The van der Waals surface area contributed by atoms with Crippen molar-refractivity contribution in [2.45, 2.75) is 0 Å². The van der Waals surface area contributed by atoms with Gasteiger partial charge in [-0.2, -0.15) is 0 Å². The zero-order valence-electron chi connectivity index (χ0n) is 29.4. The molecular weight excluding hydrogens is 693 g/mol. The van der Waals surface area contributed by atoms with Crippen LogP contribution in [0.25, 0.3) is 99.6 Å². The molecule has 10 aromatic rings. The van der Waals surface area contributed by atoms with E-state index in [9.17, 15) is 0 Å². The van der Waals surface area contributed by atoms with Crippen LogP contribution in [-0.2, 0) is 0 Å². The molecule has 10 rings (SSSR count). The highest BCUT2D eigenvalue weighted by Crippen LogP contribution is 2.41. The van der Waals surface area contributed by atoms with Gasteiger partial charge in [0.1, 0.15) is 0 Å². The highest BCUT2D eigenvalue weighted by molar-refractivity contribution is 7.26. The Morgan fingerprint density at radius 3 is 1.18 bits per heavy atom. The lowest BCUT2D eigenvalue weighted by Crippen LogP contribution is -2.00. The molecule has 6 nitrogen and oxygen atoms in total. The molecular formula is C48H30N6S. The Morgan fingerprint density at radius 1 is 0.273 bits per heavy atom. The zero-order chi connectivity index (χ0) is 36.6. The highest BCUT2D eigenvalue weighted by Gasteiger charge is 2.18. The average molecular weight is 723 g/mol. The minimum atomic E-state index is 0.622. The molecule has 55 heavy (non-hydrogen) atoms. The summed E-state index contributed by atoms with van der Waals surface area (Å²) in [7, 11) is 0. The van der Waals surface area contributed by atoms with E-state index in [4.69, 9.17) is 29.9 Å². The molecule has 7 aromatic carbocycles. The lowest BCUT2D eigenvalue weighted by atomic mass is 9.99. The summed E-state index contributed by atoms with van der Waals surface area (Å²) in [5.41, 5.74) is 7.81. The SMILES string of the molecule is c1ccc(-c2nc(-c3ccccc3)nc(-c3cccc(-c4ccc5sc6cccc(-c7nc(-c8ccccc8)nc(-c8ccccc8)n7)c6c5c4)c3)n2)cc1. The fraction of sp³-hybridized carbons (Fsp3) is 0. The van der Waals surface area contributed by atoms with Crippen molar-refractivity contribution >= 4 is 31.5 Å². The standard InChI is InChI=1S/C48H30N6S/c1-5-15-31(16-6-1)43-49-44(32-17-7-2-8-18-32)52-47(51-43)37-24-13-23-35(29-37)36-27-28-40-39(30-36)42-38(25-14-26-41(42)55-40)48-53-45(33-19-9-3-10-20-33)50-46(54-48)34-21-11-4-12-22-34/h1-30H. The molecule has 258 valence electrons. The second-order valence-electron chi connectivity index (χ2n) is 13.1. The molecule has 0 spiro atoms. The van der Waals surface area contributed by atoms with Crippen molar-refractivity contribution in [3.63, 3.8) is 0 Å². The lowest BCUT2D eigenvalue weighted by Gasteiger charge is -2.10. The van der Waals surface area contributed by atoms with Gasteiger partial charge in [0.05, 0.1) is 0 Å². The van der Waals surface area contributed by atoms with Gasteiger partial charge in [0.15, 0.2) is 34.9 Å². The lowest BCUT2D eigenvalue weighted by molar-refractivity contribution is 1.07. The van der Waals surface area contributed by atoms with Crippen molar-refractivity contribution in [1.82, 2.24) is 29.9 Å². The minimum Gasteiger partial charge on any atom is -0.208 e.